The molecule has 3 aromatic rings. The van der Waals surface area contributed by atoms with Crippen molar-refractivity contribution >= 4 is 50.4 Å². The van der Waals surface area contributed by atoms with E-state index in [9.17, 15) is 0 Å². The Bertz CT molecular complexity index is 801. The van der Waals surface area contributed by atoms with E-state index in [1.807, 2.05) is 19.1 Å². The van der Waals surface area contributed by atoms with Crippen LogP contribution in [-0.4, -0.2) is 4.98 Å². The number of ether oxygens (including phenoxy) is 1. The fourth-order valence-electron chi connectivity index (χ4n) is 1.84. The molecule has 0 aliphatic heterocycles. The van der Waals surface area contributed by atoms with Gasteiger partial charge >= 0.3 is 0 Å². The fraction of sp³-hybridized carbons (Fsp3) is 0.0714. The molecule has 0 unspecified atom stereocenters. The molecule has 0 amide bonds. The second-order valence-corrected chi connectivity index (χ2v) is 6.32. The summed E-state index contributed by atoms with van der Waals surface area (Å²) < 4.78 is 6.80. The van der Waals surface area contributed by atoms with Gasteiger partial charge in [-0.1, -0.05) is 23.2 Å². The number of hydrogen-bond acceptors (Lipinski definition) is 4. The lowest BCUT2D eigenvalue weighted by molar-refractivity contribution is 0.486. The molecule has 1 aromatic heterocycles. The SMILES string of the molecule is Cc1nc2cc(Oc3ccc(Cl)c(Cl)c3)c(N)cc2s1. The van der Waals surface area contributed by atoms with E-state index >= 15 is 0 Å². The standard InChI is InChI=1S/C14H10Cl2N2OS/c1-7-18-12-6-13(11(17)5-14(12)20-7)19-8-2-3-9(15)10(16)4-8/h2-6H,17H2,1H3. The Balaban J connectivity index is 2.00. The van der Waals surface area contributed by atoms with Crippen LogP contribution in [0.3, 0.4) is 0 Å². The van der Waals surface area contributed by atoms with Gasteiger partial charge in [0.1, 0.15) is 5.75 Å². The quantitative estimate of drug-likeness (QED) is 0.652. The lowest BCUT2D eigenvalue weighted by Gasteiger charge is -2.09. The highest BCUT2D eigenvalue weighted by Gasteiger charge is 2.09. The van der Waals surface area contributed by atoms with E-state index in [2.05, 4.69) is 4.98 Å². The predicted octanol–water partition coefficient (Wildman–Crippen LogP) is 5.29. The number of hydrogen-bond donors (Lipinski definition) is 1. The van der Waals surface area contributed by atoms with Crippen LogP contribution >= 0.6 is 34.5 Å². The maximum Gasteiger partial charge on any atom is 0.152 e. The number of aryl methyl sites for hydroxylation is 1. The largest absolute Gasteiger partial charge is 0.455 e. The van der Waals surface area contributed by atoms with Gasteiger partial charge in [0, 0.05) is 12.1 Å². The molecule has 0 fully saturated rings. The Morgan fingerprint density at radius 2 is 1.95 bits per heavy atom. The average molecular weight is 325 g/mol. The summed E-state index contributed by atoms with van der Waals surface area (Å²) in [5.74, 6) is 1.14. The highest BCUT2D eigenvalue weighted by atomic mass is 35.5. The second kappa shape index (κ2) is 5.13. The maximum absolute atomic E-state index is 6.01. The van der Waals surface area contributed by atoms with Gasteiger partial charge in [0.2, 0.25) is 0 Å². The van der Waals surface area contributed by atoms with Crippen LogP contribution in [0.25, 0.3) is 10.2 Å². The molecule has 0 spiro atoms. The third kappa shape index (κ3) is 2.54. The molecule has 20 heavy (non-hydrogen) atoms. The molecule has 3 rings (SSSR count). The number of anilines is 1. The van der Waals surface area contributed by atoms with Crippen LogP contribution in [0, 0.1) is 6.92 Å². The number of rotatable bonds is 2. The smallest absolute Gasteiger partial charge is 0.152 e. The third-order valence-corrected chi connectivity index (χ3v) is 4.42. The molecule has 0 bridgehead atoms. The minimum atomic E-state index is 0.438. The van der Waals surface area contributed by atoms with Crippen LogP contribution in [0.15, 0.2) is 30.3 Å². The summed E-state index contributed by atoms with van der Waals surface area (Å²) in [5.41, 5.74) is 7.44. The molecule has 6 heteroatoms. The molecule has 0 aliphatic carbocycles. The Kier molecular flexibility index (Phi) is 3.46. The van der Waals surface area contributed by atoms with E-state index in [0.29, 0.717) is 27.2 Å². The van der Waals surface area contributed by atoms with E-state index in [0.717, 1.165) is 15.2 Å². The van der Waals surface area contributed by atoms with Crippen LogP contribution in [-0.2, 0) is 0 Å². The van der Waals surface area contributed by atoms with Crippen molar-refractivity contribution in [3.05, 3.63) is 45.4 Å². The van der Waals surface area contributed by atoms with Crippen molar-refractivity contribution in [2.24, 2.45) is 0 Å². The zero-order chi connectivity index (χ0) is 14.3. The topological polar surface area (TPSA) is 48.1 Å². The minimum absolute atomic E-state index is 0.438. The van der Waals surface area contributed by atoms with Crippen LogP contribution in [0.5, 0.6) is 11.5 Å². The number of aromatic nitrogens is 1. The van der Waals surface area contributed by atoms with Gasteiger partial charge in [-0.2, -0.15) is 0 Å². The molecule has 2 aromatic carbocycles. The zero-order valence-electron chi connectivity index (χ0n) is 10.5. The molecule has 102 valence electrons. The van der Waals surface area contributed by atoms with Crippen molar-refractivity contribution in [1.82, 2.24) is 4.98 Å². The van der Waals surface area contributed by atoms with Gasteiger partial charge in [-0.15, -0.1) is 11.3 Å². The maximum atomic E-state index is 6.01. The van der Waals surface area contributed by atoms with Crippen molar-refractivity contribution in [3.63, 3.8) is 0 Å². The molecular formula is C14H10Cl2N2OS. The first-order valence-electron chi connectivity index (χ1n) is 5.82. The van der Waals surface area contributed by atoms with E-state index in [-0.39, 0.29) is 0 Å². The summed E-state index contributed by atoms with van der Waals surface area (Å²) >= 11 is 13.4. The average Bonchev–Trinajstić information content (AvgIpc) is 2.73. The zero-order valence-corrected chi connectivity index (χ0v) is 12.8. The third-order valence-electron chi connectivity index (χ3n) is 2.75. The molecule has 0 aliphatic rings. The number of nitrogen functional groups attached to an aromatic ring is 1. The van der Waals surface area contributed by atoms with Crippen molar-refractivity contribution < 1.29 is 4.74 Å². The summed E-state index contributed by atoms with van der Waals surface area (Å²) in [6, 6.07) is 8.77. The number of thiazole rings is 1. The number of halogens is 2. The van der Waals surface area contributed by atoms with Crippen molar-refractivity contribution in [1.29, 1.82) is 0 Å². The van der Waals surface area contributed by atoms with Gasteiger partial charge in [0.25, 0.3) is 0 Å². The molecule has 0 radical (unpaired) electrons. The number of fused-ring (bicyclic) bond motifs is 1. The van der Waals surface area contributed by atoms with Gasteiger partial charge in [-0.3, -0.25) is 0 Å². The molecule has 0 atom stereocenters. The Morgan fingerprint density at radius 3 is 2.70 bits per heavy atom. The van der Waals surface area contributed by atoms with Gasteiger partial charge in [-0.25, -0.2) is 4.98 Å². The van der Waals surface area contributed by atoms with Crippen LogP contribution < -0.4 is 10.5 Å². The van der Waals surface area contributed by atoms with E-state index in [1.54, 1.807) is 29.5 Å². The fourth-order valence-corrected chi connectivity index (χ4v) is 2.99. The molecule has 0 saturated carbocycles. The first-order chi connectivity index (χ1) is 9.52. The second-order valence-electron chi connectivity index (χ2n) is 4.27. The van der Waals surface area contributed by atoms with Crippen LogP contribution in [0.2, 0.25) is 10.0 Å². The molecular weight excluding hydrogens is 315 g/mol. The summed E-state index contributed by atoms with van der Waals surface area (Å²) in [4.78, 5) is 4.42. The molecule has 3 nitrogen and oxygen atoms in total. The van der Waals surface area contributed by atoms with Crippen molar-refractivity contribution in [3.8, 4) is 11.5 Å². The van der Waals surface area contributed by atoms with E-state index in [1.165, 1.54) is 0 Å². The van der Waals surface area contributed by atoms with Crippen LogP contribution in [0.1, 0.15) is 5.01 Å². The highest BCUT2D eigenvalue weighted by molar-refractivity contribution is 7.18. The Morgan fingerprint density at radius 1 is 1.15 bits per heavy atom. The van der Waals surface area contributed by atoms with Gasteiger partial charge in [-0.05, 0) is 25.1 Å². The van der Waals surface area contributed by atoms with Gasteiger partial charge in [0.15, 0.2) is 5.75 Å². The van der Waals surface area contributed by atoms with Gasteiger partial charge < -0.3 is 10.5 Å². The summed E-state index contributed by atoms with van der Waals surface area (Å²) in [7, 11) is 0. The predicted molar refractivity (Wildman–Crippen MR) is 85.3 cm³/mol. The minimum Gasteiger partial charge on any atom is -0.455 e. The monoisotopic (exact) mass is 324 g/mol. The normalized spacial score (nSPS) is 10.9. The van der Waals surface area contributed by atoms with Crippen molar-refractivity contribution in [2.45, 2.75) is 6.92 Å². The summed E-state index contributed by atoms with van der Waals surface area (Å²) in [6.07, 6.45) is 0. The van der Waals surface area contributed by atoms with Crippen LogP contribution in [0.4, 0.5) is 5.69 Å². The lowest BCUT2D eigenvalue weighted by atomic mass is 10.2. The van der Waals surface area contributed by atoms with E-state index in [4.69, 9.17) is 33.7 Å². The molecule has 2 N–H and O–H groups in total. The Hall–Kier alpha value is -1.49. The number of nitrogens with zero attached hydrogens (tertiary/aromatic N) is 1. The van der Waals surface area contributed by atoms with Gasteiger partial charge in [0.05, 0.1) is 31.0 Å². The number of benzene rings is 2. The lowest BCUT2D eigenvalue weighted by Crippen LogP contribution is -1.92. The molecule has 1 heterocycles. The highest BCUT2D eigenvalue weighted by Crippen LogP contribution is 2.35. The summed E-state index contributed by atoms with van der Waals surface area (Å²) in [5, 5.41) is 1.91. The van der Waals surface area contributed by atoms with E-state index < -0.39 is 0 Å². The first kappa shape index (κ1) is 13.5. The summed E-state index contributed by atoms with van der Waals surface area (Å²) in [6.45, 7) is 1.96. The molecule has 0 saturated heterocycles. The van der Waals surface area contributed by atoms with Crippen molar-refractivity contribution in [2.75, 3.05) is 5.73 Å². The Labute approximate surface area is 129 Å². The first-order valence-corrected chi connectivity index (χ1v) is 7.40. The number of nitrogens with two attached hydrogens (primary N) is 1.